The fourth-order valence-corrected chi connectivity index (χ4v) is 1.86. The molecule has 1 aromatic rings. The van der Waals surface area contributed by atoms with E-state index in [0.717, 1.165) is 5.56 Å². The van der Waals surface area contributed by atoms with Crippen molar-refractivity contribution in [3.63, 3.8) is 0 Å². The van der Waals surface area contributed by atoms with Crippen molar-refractivity contribution in [2.75, 3.05) is 13.7 Å². The molecule has 0 fully saturated rings. The third-order valence-corrected chi connectivity index (χ3v) is 3.09. The molecular weight excluding hydrogens is 214 g/mol. The highest BCUT2D eigenvalue weighted by molar-refractivity contribution is 5.90. The number of methoxy groups -OCH3 is 1. The molecule has 94 valence electrons. The van der Waals surface area contributed by atoms with Crippen molar-refractivity contribution < 1.29 is 9.53 Å². The summed E-state index contributed by atoms with van der Waals surface area (Å²) in [5, 5.41) is 0. The van der Waals surface area contributed by atoms with Gasteiger partial charge in [-0.3, -0.25) is 4.79 Å². The molecule has 1 aromatic carbocycles. The molecule has 0 amide bonds. The lowest BCUT2D eigenvalue weighted by molar-refractivity contribution is -0.128. The SMILES string of the molecule is COCCC(C)C(=O)C(C)(N)c1ccccc1. The summed E-state index contributed by atoms with van der Waals surface area (Å²) in [6, 6.07) is 9.49. The Morgan fingerprint density at radius 3 is 2.53 bits per heavy atom. The van der Waals surface area contributed by atoms with Gasteiger partial charge in [-0.1, -0.05) is 37.3 Å². The molecule has 0 bridgehead atoms. The first-order valence-corrected chi connectivity index (χ1v) is 5.87. The Labute approximate surface area is 103 Å². The van der Waals surface area contributed by atoms with E-state index in [1.807, 2.05) is 37.3 Å². The Kier molecular flexibility index (Phi) is 4.85. The summed E-state index contributed by atoms with van der Waals surface area (Å²) in [4.78, 5) is 12.3. The van der Waals surface area contributed by atoms with Crippen molar-refractivity contribution in [3.8, 4) is 0 Å². The molecule has 3 heteroatoms. The summed E-state index contributed by atoms with van der Waals surface area (Å²) in [7, 11) is 1.63. The molecule has 0 radical (unpaired) electrons. The van der Waals surface area contributed by atoms with Crippen molar-refractivity contribution in [3.05, 3.63) is 35.9 Å². The second kappa shape index (κ2) is 5.94. The average molecular weight is 235 g/mol. The third-order valence-electron chi connectivity index (χ3n) is 3.09. The van der Waals surface area contributed by atoms with Crippen molar-refractivity contribution in [2.45, 2.75) is 25.8 Å². The Morgan fingerprint density at radius 2 is 2.00 bits per heavy atom. The van der Waals surface area contributed by atoms with E-state index >= 15 is 0 Å². The van der Waals surface area contributed by atoms with Gasteiger partial charge in [-0.2, -0.15) is 0 Å². The van der Waals surface area contributed by atoms with E-state index in [1.54, 1.807) is 14.0 Å². The standard InChI is InChI=1S/C14H21NO2/c1-11(9-10-17-3)13(16)14(2,15)12-7-5-4-6-8-12/h4-8,11H,9-10,15H2,1-3H3. The van der Waals surface area contributed by atoms with E-state index in [9.17, 15) is 4.79 Å². The van der Waals surface area contributed by atoms with Crippen LogP contribution in [0.2, 0.25) is 0 Å². The molecule has 17 heavy (non-hydrogen) atoms. The molecule has 0 spiro atoms. The molecule has 0 aliphatic rings. The van der Waals surface area contributed by atoms with Crippen molar-refractivity contribution in [2.24, 2.45) is 11.7 Å². The molecular formula is C14H21NO2. The summed E-state index contributed by atoms with van der Waals surface area (Å²) in [6.45, 7) is 4.25. The van der Waals surface area contributed by atoms with E-state index < -0.39 is 5.54 Å². The minimum atomic E-state index is -0.922. The molecule has 1 rings (SSSR count). The van der Waals surface area contributed by atoms with Gasteiger partial charge in [-0.25, -0.2) is 0 Å². The first-order valence-electron chi connectivity index (χ1n) is 5.87. The maximum absolute atomic E-state index is 12.3. The smallest absolute Gasteiger partial charge is 0.159 e. The van der Waals surface area contributed by atoms with Crippen molar-refractivity contribution in [1.82, 2.24) is 0 Å². The third kappa shape index (κ3) is 3.38. The van der Waals surface area contributed by atoms with Crippen LogP contribution in [0.5, 0.6) is 0 Å². The molecule has 0 aliphatic heterocycles. The first-order chi connectivity index (χ1) is 8.00. The zero-order valence-corrected chi connectivity index (χ0v) is 10.8. The lowest BCUT2D eigenvalue weighted by atomic mass is 9.82. The van der Waals surface area contributed by atoms with Gasteiger partial charge < -0.3 is 10.5 Å². The Bertz CT molecular complexity index is 360. The monoisotopic (exact) mass is 235 g/mol. The predicted molar refractivity (Wildman–Crippen MR) is 68.6 cm³/mol. The number of benzene rings is 1. The summed E-state index contributed by atoms with van der Waals surface area (Å²) in [5.41, 5.74) is 6.10. The Balaban J connectivity index is 2.80. The van der Waals surface area contributed by atoms with Gasteiger partial charge in [-0.15, -0.1) is 0 Å². The van der Waals surface area contributed by atoms with Crippen LogP contribution >= 0.6 is 0 Å². The van der Waals surface area contributed by atoms with Crippen LogP contribution in [0.4, 0.5) is 0 Å². The van der Waals surface area contributed by atoms with Crippen LogP contribution in [0.25, 0.3) is 0 Å². The van der Waals surface area contributed by atoms with Gasteiger partial charge in [-0.05, 0) is 18.9 Å². The number of hydrogen-bond donors (Lipinski definition) is 1. The molecule has 0 aliphatic carbocycles. The van der Waals surface area contributed by atoms with Crippen LogP contribution in [0.15, 0.2) is 30.3 Å². The van der Waals surface area contributed by atoms with Gasteiger partial charge in [0.15, 0.2) is 5.78 Å². The predicted octanol–water partition coefficient (Wildman–Crippen LogP) is 2.10. The van der Waals surface area contributed by atoms with Crippen molar-refractivity contribution >= 4 is 5.78 Å². The quantitative estimate of drug-likeness (QED) is 0.821. The average Bonchev–Trinajstić information content (AvgIpc) is 2.36. The highest BCUT2D eigenvalue weighted by Crippen LogP contribution is 2.23. The fraction of sp³-hybridized carbons (Fsp3) is 0.500. The second-order valence-electron chi connectivity index (χ2n) is 4.62. The zero-order chi connectivity index (χ0) is 12.9. The van der Waals surface area contributed by atoms with Gasteiger partial charge in [0.2, 0.25) is 0 Å². The van der Waals surface area contributed by atoms with E-state index in [1.165, 1.54) is 0 Å². The van der Waals surface area contributed by atoms with E-state index in [4.69, 9.17) is 10.5 Å². The fourth-order valence-electron chi connectivity index (χ4n) is 1.86. The normalized spacial score (nSPS) is 16.2. The minimum absolute atomic E-state index is 0.0563. The summed E-state index contributed by atoms with van der Waals surface area (Å²) in [6.07, 6.45) is 0.703. The number of ether oxygens (including phenoxy) is 1. The molecule has 0 saturated heterocycles. The highest BCUT2D eigenvalue weighted by Gasteiger charge is 2.33. The maximum Gasteiger partial charge on any atom is 0.159 e. The van der Waals surface area contributed by atoms with E-state index in [0.29, 0.717) is 13.0 Å². The zero-order valence-electron chi connectivity index (χ0n) is 10.8. The minimum Gasteiger partial charge on any atom is -0.385 e. The first kappa shape index (κ1) is 13.9. The number of carbonyl (C=O) groups is 1. The summed E-state index contributed by atoms with van der Waals surface area (Å²) >= 11 is 0. The van der Waals surface area contributed by atoms with Crippen LogP contribution in [0, 0.1) is 5.92 Å². The van der Waals surface area contributed by atoms with Crippen LogP contribution in [-0.4, -0.2) is 19.5 Å². The number of rotatable bonds is 6. The molecule has 2 unspecified atom stereocenters. The number of Topliss-reactive ketones (excluding diaryl/α,β-unsaturated/α-hetero) is 1. The van der Waals surface area contributed by atoms with Crippen LogP contribution in [0.1, 0.15) is 25.8 Å². The maximum atomic E-state index is 12.3. The number of nitrogens with two attached hydrogens (primary N) is 1. The summed E-state index contributed by atoms with van der Waals surface area (Å²) < 4.78 is 4.99. The van der Waals surface area contributed by atoms with Gasteiger partial charge in [0.05, 0.1) is 5.54 Å². The molecule has 2 N–H and O–H groups in total. The van der Waals surface area contributed by atoms with Crippen molar-refractivity contribution in [1.29, 1.82) is 0 Å². The number of ketones is 1. The molecule has 0 heterocycles. The van der Waals surface area contributed by atoms with E-state index in [-0.39, 0.29) is 11.7 Å². The van der Waals surface area contributed by atoms with Crippen LogP contribution in [0.3, 0.4) is 0 Å². The second-order valence-corrected chi connectivity index (χ2v) is 4.62. The largest absolute Gasteiger partial charge is 0.385 e. The molecule has 0 saturated carbocycles. The van der Waals surface area contributed by atoms with E-state index in [2.05, 4.69) is 0 Å². The van der Waals surface area contributed by atoms with Gasteiger partial charge >= 0.3 is 0 Å². The number of hydrogen-bond acceptors (Lipinski definition) is 3. The Hall–Kier alpha value is -1.19. The van der Waals surface area contributed by atoms with Crippen LogP contribution < -0.4 is 5.73 Å². The lowest BCUT2D eigenvalue weighted by Crippen LogP contribution is -2.45. The highest BCUT2D eigenvalue weighted by atomic mass is 16.5. The molecule has 2 atom stereocenters. The molecule has 3 nitrogen and oxygen atoms in total. The van der Waals surface area contributed by atoms with Crippen LogP contribution in [-0.2, 0) is 15.1 Å². The van der Waals surface area contributed by atoms with Gasteiger partial charge in [0.25, 0.3) is 0 Å². The van der Waals surface area contributed by atoms with Gasteiger partial charge in [0.1, 0.15) is 0 Å². The van der Waals surface area contributed by atoms with Gasteiger partial charge in [0, 0.05) is 19.6 Å². The number of carbonyl (C=O) groups excluding carboxylic acids is 1. The lowest BCUT2D eigenvalue weighted by Gasteiger charge is -2.27. The topological polar surface area (TPSA) is 52.3 Å². The summed E-state index contributed by atoms with van der Waals surface area (Å²) in [5.74, 6) is -0.0362. The Morgan fingerprint density at radius 1 is 1.41 bits per heavy atom. The molecule has 0 aromatic heterocycles.